The Morgan fingerprint density at radius 2 is 2.17 bits per heavy atom. The van der Waals surface area contributed by atoms with Gasteiger partial charge in [-0.15, -0.1) is 24.8 Å². The third-order valence-electron chi connectivity index (χ3n) is 4.44. The van der Waals surface area contributed by atoms with Gasteiger partial charge in [0.2, 0.25) is 0 Å². The van der Waals surface area contributed by atoms with Crippen molar-refractivity contribution in [3.8, 4) is 0 Å². The van der Waals surface area contributed by atoms with Crippen LogP contribution in [0.2, 0.25) is 0 Å². The van der Waals surface area contributed by atoms with E-state index in [4.69, 9.17) is 0 Å². The number of benzene rings is 1. The van der Waals surface area contributed by atoms with E-state index in [1.807, 2.05) is 0 Å². The molecule has 0 spiro atoms. The Balaban J connectivity index is 0.00000132. The standard InChI is InChI=1S/C16H22FN3O.2ClH/c1-11-12(17)6-7-14-16(11)19-10-20(14)9-3-4-13-15(21)5-2-8-18-13;;/h6-7,10,13,15,18,21H,2-5,8-9H2,1H3;2*1H/t13-,15+;;/m1../s1. The molecule has 130 valence electrons. The van der Waals surface area contributed by atoms with E-state index in [2.05, 4.69) is 14.9 Å². The van der Waals surface area contributed by atoms with Gasteiger partial charge < -0.3 is 15.0 Å². The highest BCUT2D eigenvalue weighted by molar-refractivity contribution is 5.85. The smallest absolute Gasteiger partial charge is 0.128 e. The van der Waals surface area contributed by atoms with E-state index in [0.29, 0.717) is 5.56 Å². The summed E-state index contributed by atoms with van der Waals surface area (Å²) in [5.41, 5.74) is 2.33. The highest BCUT2D eigenvalue weighted by Gasteiger charge is 2.21. The Hall–Kier alpha value is -0.880. The average molecular weight is 364 g/mol. The summed E-state index contributed by atoms with van der Waals surface area (Å²) in [6.07, 6.45) is 5.41. The minimum atomic E-state index is -0.227. The van der Waals surface area contributed by atoms with Crippen molar-refractivity contribution in [3.63, 3.8) is 0 Å². The molecule has 1 saturated heterocycles. The van der Waals surface area contributed by atoms with Gasteiger partial charge in [0.05, 0.1) is 23.5 Å². The van der Waals surface area contributed by atoms with Crippen molar-refractivity contribution < 1.29 is 9.50 Å². The van der Waals surface area contributed by atoms with Crippen LogP contribution < -0.4 is 5.32 Å². The molecule has 23 heavy (non-hydrogen) atoms. The lowest BCUT2D eigenvalue weighted by Gasteiger charge is -2.29. The monoisotopic (exact) mass is 363 g/mol. The number of nitrogens with zero attached hydrogens (tertiary/aromatic N) is 2. The van der Waals surface area contributed by atoms with Crippen molar-refractivity contribution in [2.75, 3.05) is 6.54 Å². The average Bonchev–Trinajstić information content (AvgIpc) is 2.89. The Morgan fingerprint density at radius 1 is 1.39 bits per heavy atom. The predicted octanol–water partition coefficient (Wildman–Crippen LogP) is 3.22. The second-order valence-corrected chi connectivity index (χ2v) is 5.89. The van der Waals surface area contributed by atoms with Gasteiger partial charge in [-0.1, -0.05) is 0 Å². The summed E-state index contributed by atoms with van der Waals surface area (Å²) in [6, 6.07) is 3.49. The largest absolute Gasteiger partial charge is 0.392 e. The van der Waals surface area contributed by atoms with Crippen molar-refractivity contribution in [3.05, 3.63) is 29.8 Å². The SMILES string of the molecule is Cc1c(F)ccc2c1ncn2CCC[C@H]1NCCC[C@@H]1O.Cl.Cl. The number of aliphatic hydroxyl groups excluding tert-OH is 1. The Labute approximate surface area is 148 Å². The topological polar surface area (TPSA) is 50.1 Å². The Morgan fingerprint density at radius 3 is 2.91 bits per heavy atom. The van der Waals surface area contributed by atoms with Gasteiger partial charge in [-0.25, -0.2) is 9.37 Å². The zero-order valence-corrected chi connectivity index (χ0v) is 14.8. The van der Waals surface area contributed by atoms with E-state index < -0.39 is 0 Å². The molecule has 1 aromatic carbocycles. The summed E-state index contributed by atoms with van der Waals surface area (Å²) in [5.74, 6) is -0.206. The molecule has 1 aliphatic heterocycles. The molecule has 3 rings (SSSR count). The van der Waals surface area contributed by atoms with E-state index >= 15 is 0 Å². The lowest BCUT2D eigenvalue weighted by molar-refractivity contribution is 0.0909. The zero-order chi connectivity index (χ0) is 14.8. The van der Waals surface area contributed by atoms with Gasteiger partial charge in [0.25, 0.3) is 0 Å². The first-order valence-corrected chi connectivity index (χ1v) is 7.68. The second kappa shape index (κ2) is 8.83. The van der Waals surface area contributed by atoms with Crippen LogP contribution in [-0.4, -0.2) is 33.3 Å². The molecular weight excluding hydrogens is 340 g/mol. The highest BCUT2D eigenvalue weighted by Crippen LogP contribution is 2.20. The number of nitrogens with one attached hydrogen (secondary N) is 1. The molecule has 0 amide bonds. The molecule has 7 heteroatoms. The molecule has 0 saturated carbocycles. The summed E-state index contributed by atoms with van der Waals surface area (Å²) in [5, 5.41) is 13.3. The van der Waals surface area contributed by atoms with Crippen LogP contribution in [-0.2, 0) is 6.54 Å². The second-order valence-electron chi connectivity index (χ2n) is 5.89. The van der Waals surface area contributed by atoms with Gasteiger partial charge in [-0.3, -0.25) is 0 Å². The number of rotatable bonds is 4. The van der Waals surface area contributed by atoms with E-state index in [1.165, 1.54) is 6.07 Å². The maximum atomic E-state index is 13.5. The minimum Gasteiger partial charge on any atom is -0.392 e. The number of hydrogen-bond donors (Lipinski definition) is 2. The van der Waals surface area contributed by atoms with E-state index in [1.54, 1.807) is 19.3 Å². The van der Waals surface area contributed by atoms with E-state index in [-0.39, 0.29) is 42.8 Å². The number of fused-ring (bicyclic) bond motifs is 1. The molecule has 1 fully saturated rings. The van der Waals surface area contributed by atoms with Crippen LogP contribution in [0.4, 0.5) is 4.39 Å². The summed E-state index contributed by atoms with van der Waals surface area (Å²) < 4.78 is 15.6. The molecule has 2 heterocycles. The molecule has 0 bridgehead atoms. The van der Waals surface area contributed by atoms with Gasteiger partial charge in [0.15, 0.2) is 0 Å². The van der Waals surface area contributed by atoms with Crippen LogP contribution in [0.3, 0.4) is 0 Å². The zero-order valence-electron chi connectivity index (χ0n) is 13.2. The fraction of sp³-hybridized carbons (Fsp3) is 0.562. The number of aliphatic hydroxyl groups is 1. The highest BCUT2D eigenvalue weighted by atomic mass is 35.5. The minimum absolute atomic E-state index is 0. The lowest BCUT2D eigenvalue weighted by atomic mass is 9.97. The maximum Gasteiger partial charge on any atom is 0.128 e. The van der Waals surface area contributed by atoms with Crippen LogP contribution in [0.15, 0.2) is 18.5 Å². The fourth-order valence-electron chi connectivity index (χ4n) is 3.14. The van der Waals surface area contributed by atoms with Crippen LogP contribution in [0, 0.1) is 12.7 Å². The van der Waals surface area contributed by atoms with Crippen molar-refractivity contribution in [2.45, 2.75) is 51.3 Å². The van der Waals surface area contributed by atoms with Crippen molar-refractivity contribution in [1.29, 1.82) is 0 Å². The van der Waals surface area contributed by atoms with E-state index in [9.17, 15) is 9.50 Å². The first-order chi connectivity index (χ1) is 10.2. The molecule has 2 atom stereocenters. The van der Waals surface area contributed by atoms with E-state index in [0.717, 1.165) is 49.8 Å². The molecule has 2 aromatic rings. The molecule has 0 radical (unpaired) electrons. The van der Waals surface area contributed by atoms with Crippen molar-refractivity contribution in [2.24, 2.45) is 0 Å². The van der Waals surface area contributed by atoms with Gasteiger partial charge >= 0.3 is 0 Å². The van der Waals surface area contributed by atoms with Gasteiger partial charge in [-0.2, -0.15) is 0 Å². The number of aromatic nitrogens is 2. The molecule has 4 nitrogen and oxygen atoms in total. The van der Waals surface area contributed by atoms with Gasteiger partial charge in [0.1, 0.15) is 5.82 Å². The number of aryl methyl sites for hydroxylation is 2. The third kappa shape index (κ3) is 4.35. The first kappa shape index (κ1) is 20.2. The Kier molecular flexibility index (Phi) is 7.74. The molecule has 1 aliphatic rings. The number of halogens is 3. The van der Waals surface area contributed by atoms with Gasteiger partial charge in [-0.05, 0) is 51.3 Å². The molecule has 0 aliphatic carbocycles. The van der Waals surface area contributed by atoms with Crippen molar-refractivity contribution in [1.82, 2.24) is 14.9 Å². The summed E-state index contributed by atoms with van der Waals surface area (Å²) >= 11 is 0. The number of hydrogen-bond acceptors (Lipinski definition) is 3. The van der Waals surface area contributed by atoms with Crippen LogP contribution in [0.25, 0.3) is 11.0 Å². The maximum absolute atomic E-state index is 13.5. The number of imidazole rings is 1. The first-order valence-electron chi connectivity index (χ1n) is 7.68. The van der Waals surface area contributed by atoms with Crippen LogP contribution in [0.1, 0.15) is 31.2 Å². The Bertz CT molecular complexity index is 635. The fourth-order valence-corrected chi connectivity index (χ4v) is 3.14. The predicted molar refractivity (Wildman–Crippen MR) is 95.2 cm³/mol. The quantitative estimate of drug-likeness (QED) is 0.876. The summed E-state index contributed by atoms with van der Waals surface area (Å²) in [7, 11) is 0. The van der Waals surface area contributed by atoms with Crippen LogP contribution >= 0.6 is 24.8 Å². The normalized spacial score (nSPS) is 20.8. The third-order valence-corrected chi connectivity index (χ3v) is 4.44. The molecule has 0 unspecified atom stereocenters. The molecule has 2 N–H and O–H groups in total. The van der Waals surface area contributed by atoms with Crippen LogP contribution in [0.5, 0.6) is 0 Å². The summed E-state index contributed by atoms with van der Waals surface area (Å²) in [6.45, 7) is 3.60. The summed E-state index contributed by atoms with van der Waals surface area (Å²) in [4.78, 5) is 4.32. The molecule has 1 aromatic heterocycles. The van der Waals surface area contributed by atoms with Crippen molar-refractivity contribution >= 4 is 35.8 Å². The molecular formula is C16H24Cl2FN3O. The lowest BCUT2D eigenvalue weighted by Crippen LogP contribution is -2.44. The number of piperidine rings is 1. The van der Waals surface area contributed by atoms with Gasteiger partial charge in [0, 0.05) is 18.2 Å².